The van der Waals surface area contributed by atoms with E-state index in [0.29, 0.717) is 22.0 Å². The largest absolute Gasteiger partial charge is 0.369 e. The van der Waals surface area contributed by atoms with Crippen LogP contribution in [0.5, 0.6) is 0 Å². The first kappa shape index (κ1) is 20.3. The maximum Gasteiger partial charge on any atom is 0.328 e. The molecule has 0 spiro atoms. The highest BCUT2D eigenvalue weighted by molar-refractivity contribution is 7.18. The maximum absolute atomic E-state index is 12.3. The number of carbonyl (C=O) groups is 1. The number of thiophene rings is 1. The number of likely N-dealkylation sites (N-methyl/N-ethyl adjacent to an activating group) is 1. The summed E-state index contributed by atoms with van der Waals surface area (Å²) in [5, 5.41) is 2.57. The molecule has 0 bridgehead atoms. The molecule has 1 atom stereocenters. The summed E-state index contributed by atoms with van der Waals surface area (Å²) in [6.07, 6.45) is 2.74. The van der Waals surface area contributed by atoms with Crippen molar-refractivity contribution in [2.24, 2.45) is 7.05 Å². The average Bonchev–Trinajstić information content (AvgIpc) is 3.38. The number of aromatic amines is 1. The third kappa shape index (κ3) is 3.75. The topological polar surface area (TPSA) is 103 Å². The molecule has 3 aromatic heterocycles. The highest BCUT2D eigenvalue weighted by Gasteiger charge is 2.27. The highest BCUT2D eigenvalue weighted by atomic mass is 32.1. The molecule has 0 aliphatic carbocycles. The minimum absolute atomic E-state index is 0.198. The van der Waals surface area contributed by atoms with Gasteiger partial charge in [-0.3, -0.25) is 19.1 Å². The molecule has 1 fully saturated rings. The summed E-state index contributed by atoms with van der Waals surface area (Å²) in [5.41, 5.74) is 1.33. The SMILES string of the molecule is CNC(=O)c1ccc(N(C)C2CCN(Cc3cc4[nH]c(=O)n(C)c(=O)c4s3)C2)cn1. The number of carbonyl (C=O) groups excluding carboxylic acids is 1. The van der Waals surface area contributed by atoms with Crippen LogP contribution in [0.2, 0.25) is 0 Å². The fraction of sp³-hybridized carbons (Fsp3) is 0.400. The average molecular weight is 429 g/mol. The standard InChI is InChI=1S/C20H24N6O3S/c1-21-18(27)15-5-4-12(9-22-15)24(2)13-6-7-26(10-13)11-14-8-16-17(30-14)19(28)25(3)20(29)23-16/h4-5,8-9,13H,6-7,10-11H2,1-3H3,(H,21,27)(H,23,29). The van der Waals surface area contributed by atoms with E-state index >= 15 is 0 Å². The third-order valence-electron chi connectivity index (χ3n) is 5.62. The molecule has 30 heavy (non-hydrogen) atoms. The number of amides is 1. The lowest BCUT2D eigenvalue weighted by Gasteiger charge is -2.26. The smallest absolute Gasteiger partial charge is 0.328 e. The van der Waals surface area contributed by atoms with Gasteiger partial charge in [-0.05, 0) is 24.6 Å². The van der Waals surface area contributed by atoms with Crippen LogP contribution >= 0.6 is 11.3 Å². The van der Waals surface area contributed by atoms with E-state index in [2.05, 4.69) is 25.1 Å². The van der Waals surface area contributed by atoms with Gasteiger partial charge in [-0.15, -0.1) is 11.3 Å². The molecule has 0 saturated carbocycles. The van der Waals surface area contributed by atoms with Gasteiger partial charge in [0, 0.05) is 51.7 Å². The number of H-pyrrole nitrogens is 1. The number of aromatic nitrogens is 3. The summed E-state index contributed by atoms with van der Waals surface area (Å²) < 4.78 is 1.69. The Labute approximate surface area is 177 Å². The van der Waals surface area contributed by atoms with Gasteiger partial charge in [-0.25, -0.2) is 9.78 Å². The maximum atomic E-state index is 12.3. The van der Waals surface area contributed by atoms with Crippen LogP contribution in [0.3, 0.4) is 0 Å². The first-order valence-corrected chi connectivity index (χ1v) is 10.5. The Hall–Kier alpha value is -2.98. The molecule has 1 aliphatic rings. The van der Waals surface area contributed by atoms with Crippen LogP contribution in [-0.4, -0.2) is 58.6 Å². The molecule has 2 N–H and O–H groups in total. The van der Waals surface area contributed by atoms with Gasteiger partial charge in [-0.1, -0.05) is 0 Å². The second-order valence-electron chi connectivity index (χ2n) is 7.52. The van der Waals surface area contributed by atoms with Gasteiger partial charge in [0.15, 0.2) is 0 Å². The van der Waals surface area contributed by atoms with Gasteiger partial charge in [0.1, 0.15) is 10.4 Å². The number of rotatable bonds is 5. The lowest BCUT2D eigenvalue weighted by atomic mass is 10.2. The summed E-state index contributed by atoms with van der Waals surface area (Å²) in [5.74, 6) is -0.198. The monoisotopic (exact) mass is 428 g/mol. The normalized spacial score (nSPS) is 16.8. The second-order valence-corrected chi connectivity index (χ2v) is 8.66. The summed E-state index contributed by atoms with van der Waals surface area (Å²) in [6.45, 7) is 2.57. The molecule has 1 unspecified atom stereocenters. The summed E-state index contributed by atoms with van der Waals surface area (Å²) >= 11 is 1.44. The van der Waals surface area contributed by atoms with Gasteiger partial charge < -0.3 is 15.2 Å². The molecule has 1 aliphatic heterocycles. The van der Waals surface area contributed by atoms with E-state index in [1.807, 2.05) is 19.2 Å². The Morgan fingerprint density at radius 1 is 1.40 bits per heavy atom. The Morgan fingerprint density at radius 3 is 2.90 bits per heavy atom. The number of pyridine rings is 1. The number of anilines is 1. The van der Waals surface area contributed by atoms with E-state index in [4.69, 9.17) is 0 Å². The van der Waals surface area contributed by atoms with Crippen molar-refractivity contribution in [1.29, 1.82) is 0 Å². The number of nitrogens with zero attached hydrogens (tertiary/aromatic N) is 4. The lowest BCUT2D eigenvalue weighted by Crippen LogP contribution is -2.34. The molecular weight excluding hydrogens is 404 g/mol. The first-order valence-electron chi connectivity index (χ1n) is 9.72. The van der Waals surface area contributed by atoms with Crippen molar-refractivity contribution in [3.8, 4) is 0 Å². The van der Waals surface area contributed by atoms with Crippen molar-refractivity contribution in [2.45, 2.75) is 19.0 Å². The quantitative estimate of drug-likeness (QED) is 0.622. The van der Waals surface area contributed by atoms with E-state index in [0.717, 1.165) is 41.2 Å². The van der Waals surface area contributed by atoms with Crippen molar-refractivity contribution >= 4 is 33.1 Å². The fourth-order valence-corrected chi connectivity index (χ4v) is 4.91. The molecule has 1 saturated heterocycles. The minimum Gasteiger partial charge on any atom is -0.369 e. The molecule has 10 heteroatoms. The Kier molecular flexibility index (Phi) is 5.44. The van der Waals surface area contributed by atoms with Crippen molar-refractivity contribution in [3.05, 3.63) is 55.8 Å². The first-order chi connectivity index (χ1) is 14.4. The zero-order chi connectivity index (χ0) is 21.4. The van der Waals surface area contributed by atoms with Gasteiger partial charge in [0.2, 0.25) is 0 Å². The number of fused-ring (bicyclic) bond motifs is 1. The van der Waals surface area contributed by atoms with E-state index < -0.39 is 5.69 Å². The molecule has 3 aromatic rings. The predicted molar refractivity (Wildman–Crippen MR) is 117 cm³/mol. The van der Waals surface area contributed by atoms with Crippen molar-refractivity contribution in [1.82, 2.24) is 24.8 Å². The highest BCUT2D eigenvalue weighted by Crippen LogP contribution is 2.26. The molecule has 4 heterocycles. The summed E-state index contributed by atoms with van der Waals surface area (Å²) in [6, 6.07) is 5.88. The summed E-state index contributed by atoms with van der Waals surface area (Å²) in [4.78, 5) is 48.4. The van der Waals surface area contributed by atoms with Gasteiger partial charge >= 0.3 is 5.69 Å². The molecule has 0 radical (unpaired) electrons. The molecule has 0 aromatic carbocycles. The Bertz CT molecular complexity index is 1200. The Morgan fingerprint density at radius 2 is 2.20 bits per heavy atom. The zero-order valence-corrected chi connectivity index (χ0v) is 18.0. The molecule has 4 rings (SSSR count). The van der Waals surface area contributed by atoms with Crippen LogP contribution in [0.1, 0.15) is 21.8 Å². The van der Waals surface area contributed by atoms with E-state index in [1.54, 1.807) is 19.3 Å². The van der Waals surface area contributed by atoms with Crippen LogP contribution in [0, 0.1) is 0 Å². The molecule has 1 amide bonds. The number of hydrogen-bond acceptors (Lipinski definition) is 7. The predicted octanol–water partition coefficient (Wildman–Crippen LogP) is 0.754. The summed E-state index contributed by atoms with van der Waals surface area (Å²) in [7, 11) is 5.11. The van der Waals surface area contributed by atoms with Gasteiger partial charge in [0.05, 0.1) is 17.4 Å². The van der Waals surface area contributed by atoms with E-state index in [9.17, 15) is 14.4 Å². The van der Waals surface area contributed by atoms with Crippen LogP contribution in [0.25, 0.3) is 10.2 Å². The van der Waals surface area contributed by atoms with Crippen LogP contribution in [0.15, 0.2) is 34.0 Å². The van der Waals surface area contributed by atoms with Crippen LogP contribution < -0.4 is 21.5 Å². The lowest BCUT2D eigenvalue weighted by molar-refractivity contribution is 0.0958. The second kappa shape index (κ2) is 8.04. The number of likely N-dealkylation sites (tertiary alicyclic amines) is 1. The van der Waals surface area contributed by atoms with E-state index in [1.165, 1.54) is 18.4 Å². The van der Waals surface area contributed by atoms with Gasteiger partial charge in [-0.2, -0.15) is 0 Å². The van der Waals surface area contributed by atoms with Crippen molar-refractivity contribution < 1.29 is 4.79 Å². The number of hydrogen-bond donors (Lipinski definition) is 2. The molecule has 9 nitrogen and oxygen atoms in total. The number of nitrogens with one attached hydrogen (secondary N) is 2. The van der Waals surface area contributed by atoms with Crippen LogP contribution in [0.4, 0.5) is 5.69 Å². The zero-order valence-electron chi connectivity index (χ0n) is 17.1. The molecular formula is C20H24N6O3S. The Balaban J connectivity index is 1.44. The van der Waals surface area contributed by atoms with Gasteiger partial charge in [0.25, 0.3) is 11.5 Å². The molecule has 158 valence electrons. The third-order valence-corrected chi connectivity index (χ3v) is 6.73. The minimum atomic E-state index is -0.393. The van der Waals surface area contributed by atoms with E-state index in [-0.39, 0.29) is 11.5 Å². The van der Waals surface area contributed by atoms with Crippen molar-refractivity contribution in [3.63, 3.8) is 0 Å². The fourth-order valence-electron chi connectivity index (χ4n) is 3.78. The van der Waals surface area contributed by atoms with Crippen molar-refractivity contribution in [2.75, 3.05) is 32.1 Å². The van der Waals surface area contributed by atoms with Crippen LogP contribution in [-0.2, 0) is 13.6 Å².